The van der Waals surface area contributed by atoms with E-state index in [0.717, 1.165) is 0 Å². The molecule has 0 heterocycles. The summed E-state index contributed by atoms with van der Waals surface area (Å²) in [5, 5.41) is 0. The number of rotatable bonds is 8. The highest BCUT2D eigenvalue weighted by atomic mass is 32.2. The Kier molecular flexibility index (Phi) is 7.04. The minimum Gasteiger partial charge on any atom is -0.497 e. The number of nitrogens with zero attached hydrogens (tertiary/aromatic N) is 2. The summed E-state index contributed by atoms with van der Waals surface area (Å²) in [6.07, 6.45) is 0. The number of sulfonamides is 1. The van der Waals surface area contributed by atoms with Crippen LogP contribution in [0.3, 0.4) is 0 Å². The molecule has 8 heteroatoms. The average Bonchev–Trinajstić information content (AvgIpc) is 2.72. The monoisotopic (exact) mass is 406 g/mol. The smallest absolute Gasteiger partial charge is 0.258 e. The molecule has 7 nitrogen and oxygen atoms in total. The highest BCUT2D eigenvalue weighted by Gasteiger charge is 2.27. The molecule has 0 spiro atoms. The van der Waals surface area contributed by atoms with E-state index in [1.807, 2.05) is 0 Å². The Balaban J connectivity index is 2.48. The van der Waals surface area contributed by atoms with Gasteiger partial charge in [-0.05, 0) is 30.3 Å². The molecule has 28 heavy (non-hydrogen) atoms. The fraction of sp³-hybridized carbons (Fsp3) is 0.350. The summed E-state index contributed by atoms with van der Waals surface area (Å²) in [6, 6.07) is 11.5. The lowest BCUT2D eigenvalue weighted by molar-refractivity contribution is 0.0992. The van der Waals surface area contributed by atoms with E-state index in [2.05, 4.69) is 0 Å². The molecule has 0 aromatic heterocycles. The minimum absolute atomic E-state index is 0.0245. The molecule has 0 aliphatic carbocycles. The molecule has 0 atom stereocenters. The third-order valence-electron chi connectivity index (χ3n) is 4.48. The fourth-order valence-corrected chi connectivity index (χ4v) is 4.48. The van der Waals surface area contributed by atoms with Crippen molar-refractivity contribution in [2.45, 2.75) is 18.7 Å². The highest BCUT2D eigenvalue weighted by Crippen LogP contribution is 2.29. The summed E-state index contributed by atoms with van der Waals surface area (Å²) in [5.41, 5.74) is 0.880. The first-order valence-corrected chi connectivity index (χ1v) is 10.3. The van der Waals surface area contributed by atoms with Gasteiger partial charge in [-0.1, -0.05) is 19.9 Å². The number of hydrogen-bond donors (Lipinski definition) is 0. The topological polar surface area (TPSA) is 76.2 Å². The van der Waals surface area contributed by atoms with Crippen LogP contribution in [0.4, 0.5) is 5.69 Å². The van der Waals surface area contributed by atoms with E-state index in [4.69, 9.17) is 9.47 Å². The van der Waals surface area contributed by atoms with E-state index < -0.39 is 10.0 Å². The van der Waals surface area contributed by atoms with Gasteiger partial charge in [0.15, 0.2) is 0 Å². The van der Waals surface area contributed by atoms with E-state index in [-0.39, 0.29) is 22.1 Å². The largest absolute Gasteiger partial charge is 0.497 e. The Labute approximate surface area is 166 Å². The molecule has 0 saturated carbocycles. The van der Waals surface area contributed by atoms with Gasteiger partial charge in [-0.15, -0.1) is 0 Å². The van der Waals surface area contributed by atoms with E-state index in [9.17, 15) is 13.2 Å². The Morgan fingerprint density at radius 1 is 1.00 bits per heavy atom. The standard InChI is InChI=1S/C20H26N2O5S/c1-6-22(7-2)28(24,25)19-13-15(11-12-18(19)27-5)20(23)21(3)16-9-8-10-17(14-16)26-4/h8-14H,6-7H2,1-5H3. The Bertz CT molecular complexity index is 939. The molecule has 152 valence electrons. The molecule has 0 saturated heterocycles. The van der Waals surface area contributed by atoms with Gasteiger partial charge in [0, 0.05) is 37.5 Å². The summed E-state index contributed by atoms with van der Waals surface area (Å²) in [7, 11) is 0.795. The second-order valence-electron chi connectivity index (χ2n) is 6.02. The zero-order chi connectivity index (χ0) is 20.9. The van der Waals surface area contributed by atoms with Gasteiger partial charge < -0.3 is 14.4 Å². The zero-order valence-electron chi connectivity index (χ0n) is 16.8. The lowest BCUT2D eigenvalue weighted by atomic mass is 10.1. The maximum atomic E-state index is 13.0. The molecule has 0 bridgehead atoms. The highest BCUT2D eigenvalue weighted by molar-refractivity contribution is 7.89. The third-order valence-corrected chi connectivity index (χ3v) is 6.55. The molecule has 0 N–H and O–H groups in total. The molecule has 2 aromatic rings. The van der Waals surface area contributed by atoms with Crippen LogP contribution in [0.1, 0.15) is 24.2 Å². The van der Waals surface area contributed by atoms with Crippen LogP contribution in [0.5, 0.6) is 11.5 Å². The maximum absolute atomic E-state index is 13.0. The van der Waals surface area contributed by atoms with Gasteiger partial charge >= 0.3 is 0 Å². The maximum Gasteiger partial charge on any atom is 0.258 e. The van der Waals surface area contributed by atoms with E-state index in [1.54, 1.807) is 58.3 Å². The van der Waals surface area contributed by atoms with Crippen LogP contribution in [0.25, 0.3) is 0 Å². The average molecular weight is 407 g/mol. The van der Waals surface area contributed by atoms with Gasteiger partial charge in [0.25, 0.3) is 5.91 Å². The number of amides is 1. The number of hydrogen-bond acceptors (Lipinski definition) is 5. The van der Waals surface area contributed by atoms with Crippen molar-refractivity contribution in [3.05, 3.63) is 48.0 Å². The summed E-state index contributed by atoms with van der Waals surface area (Å²) in [5.74, 6) is 0.482. The number of benzene rings is 2. The van der Waals surface area contributed by atoms with Crippen molar-refractivity contribution >= 4 is 21.6 Å². The lowest BCUT2D eigenvalue weighted by Crippen LogP contribution is -2.31. The SMILES string of the molecule is CCN(CC)S(=O)(=O)c1cc(C(=O)N(C)c2cccc(OC)c2)ccc1OC. The minimum atomic E-state index is -3.78. The molecule has 0 aliphatic heterocycles. The Morgan fingerprint density at radius 3 is 2.25 bits per heavy atom. The molecule has 0 fully saturated rings. The number of carbonyl (C=O) groups excluding carboxylic acids is 1. The van der Waals surface area contributed by atoms with Crippen molar-refractivity contribution in [1.82, 2.24) is 4.31 Å². The molecule has 0 unspecified atom stereocenters. The van der Waals surface area contributed by atoms with Gasteiger partial charge in [-0.3, -0.25) is 4.79 Å². The first-order valence-electron chi connectivity index (χ1n) is 8.90. The van der Waals surface area contributed by atoms with Crippen molar-refractivity contribution < 1.29 is 22.7 Å². The van der Waals surface area contributed by atoms with Crippen molar-refractivity contribution in [2.24, 2.45) is 0 Å². The van der Waals surface area contributed by atoms with Crippen molar-refractivity contribution in [1.29, 1.82) is 0 Å². The van der Waals surface area contributed by atoms with Gasteiger partial charge in [0.2, 0.25) is 10.0 Å². The normalized spacial score (nSPS) is 11.4. The number of carbonyl (C=O) groups is 1. The lowest BCUT2D eigenvalue weighted by Gasteiger charge is -2.22. The van der Waals surface area contributed by atoms with E-state index in [0.29, 0.717) is 24.5 Å². The predicted molar refractivity (Wildman–Crippen MR) is 109 cm³/mol. The van der Waals surface area contributed by atoms with Crippen LogP contribution < -0.4 is 14.4 Å². The summed E-state index contributed by atoms with van der Waals surface area (Å²) >= 11 is 0. The second-order valence-corrected chi connectivity index (χ2v) is 7.93. The number of anilines is 1. The van der Waals surface area contributed by atoms with Crippen LogP contribution in [0.15, 0.2) is 47.4 Å². The fourth-order valence-electron chi connectivity index (χ4n) is 2.84. The van der Waals surface area contributed by atoms with Crippen LogP contribution in [-0.2, 0) is 10.0 Å². The first-order chi connectivity index (χ1) is 13.3. The first kappa shape index (κ1) is 21.7. The van der Waals surface area contributed by atoms with Crippen LogP contribution in [0, 0.1) is 0 Å². The molecule has 2 rings (SSSR count). The van der Waals surface area contributed by atoms with Crippen LogP contribution in [-0.4, -0.2) is 53.0 Å². The molecular formula is C20H26N2O5S. The summed E-state index contributed by atoms with van der Waals surface area (Å²) in [6.45, 7) is 4.17. The molecule has 0 aliphatic rings. The zero-order valence-corrected chi connectivity index (χ0v) is 17.6. The predicted octanol–water partition coefficient (Wildman–Crippen LogP) is 3.01. The molecule has 2 aromatic carbocycles. The van der Waals surface area contributed by atoms with Gasteiger partial charge in [-0.2, -0.15) is 4.31 Å². The van der Waals surface area contributed by atoms with Crippen molar-refractivity contribution in [3.63, 3.8) is 0 Å². The van der Waals surface area contributed by atoms with Gasteiger partial charge in [-0.25, -0.2) is 8.42 Å². The van der Waals surface area contributed by atoms with Gasteiger partial charge in [0.05, 0.1) is 14.2 Å². The quantitative estimate of drug-likeness (QED) is 0.674. The Morgan fingerprint density at radius 2 is 1.68 bits per heavy atom. The van der Waals surface area contributed by atoms with Crippen molar-refractivity contribution in [3.8, 4) is 11.5 Å². The van der Waals surface area contributed by atoms with Crippen LogP contribution >= 0.6 is 0 Å². The molecule has 0 radical (unpaired) electrons. The molecule has 1 amide bonds. The third kappa shape index (κ3) is 4.28. The molecular weight excluding hydrogens is 380 g/mol. The van der Waals surface area contributed by atoms with Gasteiger partial charge in [0.1, 0.15) is 16.4 Å². The Hall–Kier alpha value is -2.58. The number of ether oxygens (including phenoxy) is 2. The van der Waals surface area contributed by atoms with E-state index in [1.165, 1.54) is 28.4 Å². The van der Waals surface area contributed by atoms with Crippen LogP contribution in [0.2, 0.25) is 0 Å². The summed E-state index contributed by atoms with van der Waals surface area (Å²) in [4.78, 5) is 14.4. The van der Waals surface area contributed by atoms with E-state index >= 15 is 0 Å². The van der Waals surface area contributed by atoms with Crippen molar-refractivity contribution in [2.75, 3.05) is 39.3 Å². The number of methoxy groups -OCH3 is 2. The second kappa shape index (κ2) is 9.07. The summed E-state index contributed by atoms with van der Waals surface area (Å²) < 4.78 is 37.7.